The number of benzene rings is 1. The molecule has 0 aromatic heterocycles. The number of ether oxygens (including phenoxy) is 1. The van der Waals surface area contributed by atoms with Gasteiger partial charge in [0.1, 0.15) is 0 Å². The molecular weight excluding hydrogens is 408 g/mol. The van der Waals surface area contributed by atoms with Crippen molar-refractivity contribution in [1.82, 2.24) is 4.90 Å². The summed E-state index contributed by atoms with van der Waals surface area (Å²) in [5, 5.41) is 3.73. The second-order valence-electron chi connectivity index (χ2n) is 12.7. The Kier molecular flexibility index (Phi) is 7.70. The average molecular weight is 457 g/mol. The zero-order valence-corrected chi connectivity index (χ0v) is 22.7. The van der Waals surface area contributed by atoms with Crippen LogP contribution >= 0.6 is 0 Å². The van der Waals surface area contributed by atoms with Crippen LogP contribution in [0.2, 0.25) is 0 Å². The number of piperidine rings is 1. The number of carbonyl (C=O) groups is 1. The van der Waals surface area contributed by atoms with Gasteiger partial charge in [0, 0.05) is 36.0 Å². The second kappa shape index (κ2) is 9.70. The lowest BCUT2D eigenvalue weighted by Crippen LogP contribution is -2.53. The predicted octanol–water partition coefficient (Wildman–Crippen LogP) is 6.68. The molecule has 2 aliphatic rings. The zero-order chi connectivity index (χ0) is 24.6. The summed E-state index contributed by atoms with van der Waals surface area (Å²) in [5.74, 6) is 1.55. The van der Waals surface area contributed by atoms with E-state index in [4.69, 9.17) is 4.74 Å². The normalized spacial score (nSPS) is 26.9. The first kappa shape index (κ1) is 26.2. The summed E-state index contributed by atoms with van der Waals surface area (Å²) in [7, 11) is 0. The van der Waals surface area contributed by atoms with Gasteiger partial charge in [-0.05, 0) is 122 Å². The SMILES string of the molecule is CC(=O)c1ccc(NC(C)(C)CCOC(C)(C)C)cc1C1(C)CCN(CC2CC2)[C@H](C)[C@@H]1C. The van der Waals surface area contributed by atoms with Crippen LogP contribution in [-0.4, -0.2) is 47.6 Å². The van der Waals surface area contributed by atoms with Crippen molar-refractivity contribution in [3.8, 4) is 0 Å². The lowest BCUT2D eigenvalue weighted by Gasteiger charge is -2.50. The standard InChI is InChI=1S/C29H48N2O2/c1-20-21(2)31(19-23-10-11-23)16-14-29(20,9)26-18-24(12-13-25(26)22(3)32)30-28(7,8)15-17-33-27(4,5)6/h12-13,18,20-21,23,30H,10-11,14-17,19H2,1-9H3/t20-,21+,29?/m0/s1. The van der Waals surface area contributed by atoms with Gasteiger partial charge in [-0.3, -0.25) is 4.79 Å². The van der Waals surface area contributed by atoms with Crippen molar-refractivity contribution < 1.29 is 9.53 Å². The number of ketones is 1. The molecule has 1 saturated heterocycles. The van der Waals surface area contributed by atoms with Crippen LogP contribution in [0.5, 0.6) is 0 Å². The Morgan fingerprint density at radius 2 is 1.85 bits per heavy atom. The van der Waals surface area contributed by atoms with Crippen molar-refractivity contribution in [3.63, 3.8) is 0 Å². The topological polar surface area (TPSA) is 41.6 Å². The first-order valence-corrected chi connectivity index (χ1v) is 13.0. The van der Waals surface area contributed by atoms with Gasteiger partial charge in [0.15, 0.2) is 5.78 Å². The van der Waals surface area contributed by atoms with Crippen LogP contribution in [0.15, 0.2) is 18.2 Å². The van der Waals surface area contributed by atoms with E-state index >= 15 is 0 Å². The monoisotopic (exact) mass is 456 g/mol. The zero-order valence-electron chi connectivity index (χ0n) is 22.7. The van der Waals surface area contributed by atoms with Gasteiger partial charge in [-0.25, -0.2) is 0 Å². The minimum absolute atomic E-state index is 0.0162. The van der Waals surface area contributed by atoms with Crippen molar-refractivity contribution in [2.75, 3.05) is 25.0 Å². The van der Waals surface area contributed by atoms with Crippen LogP contribution in [0.1, 0.15) is 104 Å². The Morgan fingerprint density at radius 1 is 1.18 bits per heavy atom. The first-order chi connectivity index (χ1) is 15.2. The maximum absolute atomic E-state index is 12.6. The van der Waals surface area contributed by atoms with E-state index in [1.54, 1.807) is 6.92 Å². The van der Waals surface area contributed by atoms with Gasteiger partial charge in [0.2, 0.25) is 0 Å². The second-order valence-corrected chi connectivity index (χ2v) is 12.7. The van der Waals surface area contributed by atoms with E-state index in [1.165, 1.54) is 24.9 Å². The molecule has 2 fully saturated rings. The third kappa shape index (κ3) is 6.60. The molecule has 4 heteroatoms. The molecule has 3 atom stereocenters. The summed E-state index contributed by atoms with van der Waals surface area (Å²) in [6.45, 7) is 22.7. The predicted molar refractivity (Wildman–Crippen MR) is 139 cm³/mol. The fraction of sp³-hybridized carbons (Fsp3) is 0.759. The summed E-state index contributed by atoms with van der Waals surface area (Å²) in [5.41, 5.74) is 2.95. The Bertz CT molecular complexity index is 837. The molecule has 33 heavy (non-hydrogen) atoms. The minimum Gasteiger partial charge on any atom is -0.380 e. The highest BCUT2D eigenvalue weighted by atomic mass is 16.5. The Balaban J connectivity index is 1.82. The highest BCUT2D eigenvalue weighted by Crippen LogP contribution is 2.45. The number of hydrogen-bond donors (Lipinski definition) is 1. The molecule has 1 aromatic carbocycles. The number of nitrogens with zero attached hydrogens (tertiary/aromatic N) is 1. The van der Waals surface area contributed by atoms with Crippen LogP contribution in [0.4, 0.5) is 5.69 Å². The number of nitrogens with one attached hydrogen (secondary N) is 1. The minimum atomic E-state index is -0.123. The van der Waals surface area contributed by atoms with Crippen molar-refractivity contribution in [2.24, 2.45) is 11.8 Å². The quantitative estimate of drug-likeness (QED) is 0.421. The van der Waals surface area contributed by atoms with E-state index < -0.39 is 0 Å². The molecule has 1 heterocycles. The van der Waals surface area contributed by atoms with E-state index in [9.17, 15) is 4.79 Å². The molecule has 1 N–H and O–H groups in total. The van der Waals surface area contributed by atoms with E-state index in [0.29, 0.717) is 18.6 Å². The summed E-state index contributed by atoms with van der Waals surface area (Å²) >= 11 is 0. The van der Waals surface area contributed by atoms with Crippen molar-refractivity contribution in [3.05, 3.63) is 29.3 Å². The molecule has 0 spiro atoms. The first-order valence-electron chi connectivity index (χ1n) is 13.0. The Morgan fingerprint density at radius 3 is 2.42 bits per heavy atom. The van der Waals surface area contributed by atoms with Crippen LogP contribution in [0.3, 0.4) is 0 Å². The molecule has 0 radical (unpaired) electrons. The number of anilines is 1. The number of hydrogen-bond acceptors (Lipinski definition) is 4. The molecule has 0 bridgehead atoms. The molecule has 4 nitrogen and oxygen atoms in total. The molecule has 1 aromatic rings. The van der Waals surface area contributed by atoms with Crippen LogP contribution in [0, 0.1) is 11.8 Å². The summed E-state index contributed by atoms with van der Waals surface area (Å²) in [4.78, 5) is 15.3. The molecule has 1 unspecified atom stereocenters. The van der Waals surface area contributed by atoms with Crippen molar-refractivity contribution in [1.29, 1.82) is 0 Å². The van der Waals surface area contributed by atoms with Gasteiger partial charge in [0.05, 0.1) is 5.60 Å². The van der Waals surface area contributed by atoms with Crippen molar-refractivity contribution in [2.45, 2.75) is 111 Å². The number of carbonyl (C=O) groups excluding carboxylic acids is 1. The van der Waals surface area contributed by atoms with E-state index in [1.807, 2.05) is 6.07 Å². The fourth-order valence-electron chi connectivity index (χ4n) is 5.39. The molecule has 186 valence electrons. The van der Waals surface area contributed by atoms with Gasteiger partial charge in [0.25, 0.3) is 0 Å². The van der Waals surface area contributed by atoms with Crippen LogP contribution in [-0.2, 0) is 10.2 Å². The summed E-state index contributed by atoms with van der Waals surface area (Å²) in [6, 6.07) is 6.91. The van der Waals surface area contributed by atoms with Gasteiger partial charge >= 0.3 is 0 Å². The highest BCUT2D eigenvalue weighted by Gasteiger charge is 2.44. The smallest absolute Gasteiger partial charge is 0.160 e. The number of likely N-dealkylation sites (tertiary alicyclic amines) is 1. The van der Waals surface area contributed by atoms with Gasteiger partial charge in [-0.15, -0.1) is 0 Å². The Hall–Kier alpha value is -1.39. The summed E-state index contributed by atoms with van der Waals surface area (Å²) < 4.78 is 5.97. The molecular formula is C29H48N2O2. The largest absolute Gasteiger partial charge is 0.380 e. The molecule has 3 rings (SSSR count). The van der Waals surface area contributed by atoms with Crippen LogP contribution < -0.4 is 5.32 Å². The molecule has 1 aliphatic heterocycles. The van der Waals surface area contributed by atoms with E-state index in [2.05, 4.69) is 77.7 Å². The lowest BCUT2D eigenvalue weighted by atomic mass is 9.63. The average Bonchev–Trinajstić information content (AvgIpc) is 3.51. The van der Waals surface area contributed by atoms with Crippen LogP contribution in [0.25, 0.3) is 0 Å². The third-order valence-electron chi connectivity index (χ3n) is 8.17. The maximum atomic E-state index is 12.6. The molecule has 1 aliphatic carbocycles. The lowest BCUT2D eigenvalue weighted by molar-refractivity contribution is -0.00846. The van der Waals surface area contributed by atoms with Gasteiger partial charge in [-0.2, -0.15) is 0 Å². The van der Waals surface area contributed by atoms with Gasteiger partial charge in [-0.1, -0.05) is 13.8 Å². The molecule has 0 amide bonds. The maximum Gasteiger partial charge on any atom is 0.160 e. The van der Waals surface area contributed by atoms with E-state index in [-0.39, 0.29) is 22.3 Å². The fourth-order valence-corrected chi connectivity index (χ4v) is 5.39. The summed E-state index contributed by atoms with van der Waals surface area (Å²) in [6.07, 6.45) is 4.80. The number of rotatable bonds is 9. The highest BCUT2D eigenvalue weighted by molar-refractivity contribution is 5.96. The number of Topliss-reactive ketones (excluding diaryl/α,β-unsaturated/α-hetero) is 1. The Labute approximate surface area is 202 Å². The van der Waals surface area contributed by atoms with Crippen molar-refractivity contribution >= 4 is 11.5 Å². The molecule has 1 saturated carbocycles. The van der Waals surface area contributed by atoms with E-state index in [0.717, 1.165) is 36.6 Å². The van der Waals surface area contributed by atoms with Gasteiger partial charge < -0.3 is 15.0 Å². The third-order valence-corrected chi connectivity index (χ3v) is 8.17.